The number of aromatic nitrogens is 1. The van der Waals surface area contributed by atoms with E-state index in [1.807, 2.05) is 29.6 Å². The van der Waals surface area contributed by atoms with Gasteiger partial charge in [-0.1, -0.05) is 6.07 Å². The number of anilines is 2. The lowest BCUT2D eigenvalue weighted by Gasteiger charge is -2.03. The summed E-state index contributed by atoms with van der Waals surface area (Å²) in [7, 11) is 1.39. The number of thiophene rings is 1. The van der Waals surface area contributed by atoms with Gasteiger partial charge in [0.2, 0.25) is 0 Å². The van der Waals surface area contributed by atoms with Crippen LogP contribution in [0, 0.1) is 0 Å². The lowest BCUT2D eigenvalue weighted by molar-refractivity contribution is 0.0606. The molecule has 0 aliphatic carbocycles. The molecule has 0 aliphatic heterocycles. The number of rotatable bonds is 3. The zero-order chi connectivity index (χ0) is 13.2. The molecule has 0 aliphatic rings. The first-order valence-electron chi connectivity index (χ1n) is 5.55. The maximum atomic E-state index is 11.6. The van der Waals surface area contributed by atoms with Crippen LogP contribution in [0.25, 0.3) is 10.1 Å². The number of fused-ring (bicyclic) bond motifs is 1. The molecule has 6 heteroatoms. The number of benzene rings is 1. The van der Waals surface area contributed by atoms with Gasteiger partial charge in [-0.15, -0.1) is 22.7 Å². The average Bonchev–Trinajstić information content (AvgIpc) is 3.06. The lowest BCUT2D eigenvalue weighted by atomic mass is 10.2. The van der Waals surface area contributed by atoms with Gasteiger partial charge in [-0.05, 0) is 18.2 Å². The number of esters is 1. The van der Waals surface area contributed by atoms with Crippen LogP contribution in [0.2, 0.25) is 0 Å². The molecular formula is C13H10N2O2S2. The van der Waals surface area contributed by atoms with Crippen molar-refractivity contribution in [3.8, 4) is 0 Å². The van der Waals surface area contributed by atoms with Crippen LogP contribution < -0.4 is 5.32 Å². The zero-order valence-electron chi connectivity index (χ0n) is 10.0. The molecule has 2 aromatic heterocycles. The minimum Gasteiger partial charge on any atom is -0.465 e. The molecule has 0 bridgehead atoms. The molecule has 4 nitrogen and oxygen atoms in total. The van der Waals surface area contributed by atoms with Gasteiger partial charge in [-0.2, -0.15) is 0 Å². The van der Waals surface area contributed by atoms with Crippen molar-refractivity contribution in [3.63, 3.8) is 0 Å². The molecule has 0 spiro atoms. The molecule has 1 N–H and O–H groups in total. The summed E-state index contributed by atoms with van der Waals surface area (Å²) in [6.45, 7) is 0. The van der Waals surface area contributed by atoms with E-state index in [1.165, 1.54) is 29.8 Å². The van der Waals surface area contributed by atoms with Crippen molar-refractivity contribution in [3.05, 3.63) is 40.7 Å². The van der Waals surface area contributed by atoms with Gasteiger partial charge in [0.15, 0.2) is 5.13 Å². The van der Waals surface area contributed by atoms with E-state index in [2.05, 4.69) is 10.3 Å². The fourth-order valence-corrected chi connectivity index (χ4v) is 3.32. The number of carbonyl (C=O) groups excluding carboxylic acids is 1. The Morgan fingerprint density at radius 3 is 3.05 bits per heavy atom. The Morgan fingerprint density at radius 1 is 1.42 bits per heavy atom. The minimum absolute atomic E-state index is 0.304. The number of thiazole rings is 1. The van der Waals surface area contributed by atoms with Crippen LogP contribution in [0.4, 0.5) is 10.8 Å². The fourth-order valence-electron chi connectivity index (χ4n) is 1.77. The van der Waals surface area contributed by atoms with Gasteiger partial charge in [0.1, 0.15) is 4.88 Å². The van der Waals surface area contributed by atoms with E-state index in [9.17, 15) is 4.79 Å². The zero-order valence-corrected chi connectivity index (χ0v) is 11.7. The predicted octanol–water partition coefficient (Wildman–Crippen LogP) is 3.89. The molecule has 3 rings (SSSR count). The van der Waals surface area contributed by atoms with Crippen LogP contribution >= 0.6 is 22.7 Å². The summed E-state index contributed by atoms with van der Waals surface area (Å²) < 4.78 is 5.80. The van der Waals surface area contributed by atoms with E-state index < -0.39 is 0 Å². The van der Waals surface area contributed by atoms with Gasteiger partial charge in [0.05, 0.1) is 7.11 Å². The highest BCUT2D eigenvalue weighted by Crippen LogP contribution is 2.33. The smallest absolute Gasteiger partial charge is 0.348 e. The highest BCUT2D eigenvalue weighted by atomic mass is 32.1. The molecular weight excluding hydrogens is 280 g/mol. The van der Waals surface area contributed by atoms with Crippen molar-refractivity contribution in [2.75, 3.05) is 12.4 Å². The summed E-state index contributed by atoms with van der Waals surface area (Å²) in [6, 6.07) is 7.76. The van der Waals surface area contributed by atoms with E-state index in [0.29, 0.717) is 4.88 Å². The Labute approximate surface area is 117 Å². The van der Waals surface area contributed by atoms with Crippen molar-refractivity contribution in [2.45, 2.75) is 0 Å². The summed E-state index contributed by atoms with van der Waals surface area (Å²) in [4.78, 5) is 16.4. The van der Waals surface area contributed by atoms with Crippen LogP contribution in [0.1, 0.15) is 9.67 Å². The SMILES string of the molecule is COC(=O)c1cc2c(Nc3nccs3)cccc2s1. The number of nitrogens with one attached hydrogen (secondary N) is 1. The number of ether oxygens (including phenoxy) is 1. The standard InChI is InChI=1S/C13H10N2O2S2/c1-17-12(16)11-7-8-9(3-2-4-10(8)19-11)15-13-14-5-6-18-13/h2-7H,1H3,(H,14,15). The van der Waals surface area contributed by atoms with E-state index in [0.717, 1.165) is 20.9 Å². The van der Waals surface area contributed by atoms with Gasteiger partial charge in [-0.3, -0.25) is 0 Å². The summed E-state index contributed by atoms with van der Waals surface area (Å²) in [5.74, 6) is -0.304. The Morgan fingerprint density at radius 2 is 2.32 bits per heavy atom. The topological polar surface area (TPSA) is 51.2 Å². The second kappa shape index (κ2) is 4.99. The Bertz CT molecular complexity index is 719. The minimum atomic E-state index is -0.304. The third-order valence-corrected chi connectivity index (χ3v) is 4.39. The van der Waals surface area contributed by atoms with E-state index >= 15 is 0 Å². The largest absolute Gasteiger partial charge is 0.465 e. The van der Waals surface area contributed by atoms with Crippen LogP contribution in [-0.2, 0) is 4.74 Å². The van der Waals surface area contributed by atoms with Gasteiger partial charge in [0, 0.05) is 27.4 Å². The molecule has 0 saturated heterocycles. The molecule has 3 aromatic rings. The number of hydrogen-bond donors (Lipinski definition) is 1. The molecule has 19 heavy (non-hydrogen) atoms. The maximum Gasteiger partial charge on any atom is 0.348 e. The van der Waals surface area contributed by atoms with Crippen LogP contribution in [0.5, 0.6) is 0 Å². The third-order valence-electron chi connectivity index (χ3n) is 2.62. The monoisotopic (exact) mass is 290 g/mol. The number of carbonyl (C=O) groups is 1. The normalized spacial score (nSPS) is 10.6. The Kier molecular flexibility index (Phi) is 3.18. The fraction of sp³-hybridized carbons (Fsp3) is 0.0769. The van der Waals surface area contributed by atoms with Crippen LogP contribution in [-0.4, -0.2) is 18.1 Å². The molecule has 0 saturated carbocycles. The Hall–Kier alpha value is -1.92. The van der Waals surface area contributed by atoms with E-state index in [1.54, 1.807) is 6.20 Å². The molecule has 2 heterocycles. The predicted molar refractivity (Wildman–Crippen MR) is 78.6 cm³/mol. The average molecular weight is 290 g/mol. The lowest BCUT2D eigenvalue weighted by Crippen LogP contribution is -1.96. The quantitative estimate of drug-likeness (QED) is 0.744. The van der Waals surface area contributed by atoms with Crippen molar-refractivity contribution in [1.29, 1.82) is 0 Å². The first-order chi connectivity index (χ1) is 9.28. The molecule has 1 aromatic carbocycles. The first kappa shape index (κ1) is 12.1. The third kappa shape index (κ3) is 2.32. The van der Waals surface area contributed by atoms with Gasteiger partial charge >= 0.3 is 5.97 Å². The number of hydrogen-bond acceptors (Lipinski definition) is 6. The second-order valence-electron chi connectivity index (χ2n) is 3.78. The molecule has 0 fully saturated rings. The van der Waals surface area contributed by atoms with E-state index in [-0.39, 0.29) is 5.97 Å². The summed E-state index contributed by atoms with van der Waals surface area (Å²) in [6.07, 6.45) is 1.75. The first-order valence-corrected chi connectivity index (χ1v) is 7.25. The summed E-state index contributed by atoms with van der Waals surface area (Å²) in [5.41, 5.74) is 0.943. The summed E-state index contributed by atoms with van der Waals surface area (Å²) in [5, 5.41) is 7.01. The number of methoxy groups -OCH3 is 1. The van der Waals surface area contributed by atoms with Crippen molar-refractivity contribution in [2.24, 2.45) is 0 Å². The van der Waals surface area contributed by atoms with Crippen LogP contribution in [0.3, 0.4) is 0 Å². The van der Waals surface area contributed by atoms with E-state index in [4.69, 9.17) is 4.74 Å². The summed E-state index contributed by atoms with van der Waals surface area (Å²) >= 11 is 2.96. The Balaban J connectivity index is 2.04. The van der Waals surface area contributed by atoms with Crippen molar-refractivity contribution < 1.29 is 9.53 Å². The molecule has 0 amide bonds. The highest BCUT2D eigenvalue weighted by Gasteiger charge is 2.12. The number of nitrogens with zero attached hydrogens (tertiary/aromatic N) is 1. The van der Waals surface area contributed by atoms with Crippen molar-refractivity contribution >= 4 is 49.5 Å². The molecule has 96 valence electrons. The maximum absolute atomic E-state index is 11.6. The molecule has 0 unspecified atom stereocenters. The van der Waals surface area contributed by atoms with Gasteiger partial charge in [0.25, 0.3) is 0 Å². The van der Waals surface area contributed by atoms with Gasteiger partial charge < -0.3 is 10.1 Å². The van der Waals surface area contributed by atoms with Crippen LogP contribution in [0.15, 0.2) is 35.8 Å². The molecule has 0 atom stereocenters. The van der Waals surface area contributed by atoms with Crippen molar-refractivity contribution in [1.82, 2.24) is 4.98 Å². The molecule has 0 radical (unpaired) electrons. The highest BCUT2D eigenvalue weighted by molar-refractivity contribution is 7.20. The van der Waals surface area contributed by atoms with Gasteiger partial charge in [-0.25, -0.2) is 9.78 Å². The second-order valence-corrected chi connectivity index (χ2v) is 5.76.